The highest BCUT2D eigenvalue weighted by molar-refractivity contribution is 5.93. The van der Waals surface area contributed by atoms with Crippen molar-refractivity contribution in [3.05, 3.63) is 59.3 Å². The van der Waals surface area contributed by atoms with Crippen LogP contribution in [0.2, 0.25) is 0 Å². The van der Waals surface area contributed by atoms with Gasteiger partial charge in [0, 0.05) is 18.8 Å². The van der Waals surface area contributed by atoms with E-state index in [1.807, 2.05) is 49.1 Å². The van der Waals surface area contributed by atoms with Crippen LogP contribution in [0.15, 0.2) is 42.5 Å². The van der Waals surface area contributed by atoms with Crippen LogP contribution in [0, 0.1) is 6.92 Å². The summed E-state index contributed by atoms with van der Waals surface area (Å²) in [6.45, 7) is 5.21. The summed E-state index contributed by atoms with van der Waals surface area (Å²) in [4.78, 5) is 17.7. The monoisotopic (exact) mass is 270 g/mol. The van der Waals surface area contributed by atoms with Crippen molar-refractivity contribution < 1.29 is 9.90 Å². The maximum absolute atomic E-state index is 11.3. The van der Waals surface area contributed by atoms with Crippen molar-refractivity contribution >= 4 is 11.8 Å². The molecule has 0 aliphatic heterocycles. The summed E-state index contributed by atoms with van der Waals surface area (Å²) in [5.41, 5.74) is 2.19. The maximum Gasteiger partial charge on any atom is 0.339 e. The smallest absolute Gasteiger partial charge is 0.339 e. The van der Waals surface area contributed by atoms with E-state index in [2.05, 4.69) is 4.98 Å². The van der Waals surface area contributed by atoms with E-state index in [0.717, 1.165) is 11.3 Å². The topological polar surface area (TPSA) is 53.4 Å². The number of hydrogen-bond donors (Lipinski definition) is 1. The summed E-state index contributed by atoms with van der Waals surface area (Å²) in [7, 11) is 0. The minimum Gasteiger partial charge on any atom is -0.478 e. The lowest BCUT2D eigenvalue weighted by Gasteiger charge is -2.24. The van der Waals surface area contributed by atoms with Gasteiger partial charge >= 0.3 is 5.97 Å². The second-order valence-corrected chi connectivity index (χ2v) is 4.63. The SMILES string of the molecule is CCN(Cc1ccccc1)c1nc(C)ccc1C(=O)O. The van der Waals surface area contributed by atoms with Crippen LogP contribution < -0.4 is 4.90 Å². The van der Waals surface area contributed by atoms with Gasteiger partial charge in [0.2, 0.25) is 0 Å². The van der Waals surface area contributed by atoms with Crippen LogP contribution in [-0.4, -0.2) is 22.6 Å². The van der Waals surface area contributed by atoms with Gasteiger partial charge in [-0.25, -0.2) is 9.78 Å². The van der Waals surface area contributed by atoms with Crippen LogP contribution in [0.5, 0.6) is 0 Å². The fourth-order valence-electron chi connectivity index (χ4n) is 2.09. The lowest BCUT2D eigenvalue weighted by atomic mass is 10.1. The third-order valence-electron chi connectivity index (χ3n) is 3.14. The predicted octanol–water partition coefficient (Wildman–Crippen LogP) is 3.11. The summed E-state index contributed by atoms with van der Waals surface area (Å²) < 4.78 is 0. The highest BCUT2D eigenvalue weighted by Gasteiger charge is 2.17. The highest BCUT2D eigenvalue weighted by atomic mass is 16.4. The first-order valence-corrected chi connectivity index (χ1v) is 6.61. The average Bonchev–Trinajstić information content (AvgIpc) is 2.45. The molecule has 2 aromatic rings. The van der Waals surface area contributed by atoms with Gasteiger partial charge < -0.3 is 10.0 Å². The lowest BCUT2D eigenvalue weighted by molar-refractivity contribution is 0.0697. The Balaban J connectivity index is 2.36. The Morgan fingerprint density at radius 3 is 2.50 bits per heavy atom. The zero-order valence-corrected chi connectivity index (χ0v) is 11.7. The number of rotatable bonds is 5. The molecule has 0 saturated carbocycles. The molecule has 4 heteroatoms. The number of aryl methyl sites for hydroxylation is 1. The van der Waals surface area contributed by atoms with E-state index in [-0.39, 0.29) is 5.56 Å². The van der Waals surface area contributed by atoms with Gasteiger partial charge in [0.05, 0.1) is 0 Å². The number of nitrogens with zero attached hydrogens (tertiary/aromatic N) is 2. The van der Waals surface area contributed by atoms with E-state index in [9.17, 15) is 9.90 Å². The molecule has 2 rings (SSSR count). The van der Waals surface area contributed by atoms with Crippen LogP contribution in [-0.2, 0) is 6.54 Å². The number of carboxylic acids is 1. The third kappa shape index (κ3) is 3.15. The number of hydrogen-bond acceptors (Lipinski definition) is 3. The molecule has 0 radical (unpaired) electrons. The quantitative estimate of drug-likeness (QED) is 0.907. The Labute approximate surface area is 118 Å². The van der Waals surface area contributed by atoms with Crippen LogP contribution in [0.25, 0.3) is 0 Å². The van der Waals surface area contributed by atoms with E-state index in [1.165, 1.54) is 0 Å². The molecule has 0 saturated heterocycles. The Kier molecular flexibility index (Phi) is 4.35. The van der Waals surface area contributed by atoms with Gasteiger partial charge in [0.25, 0.3) is 0 Å². The fraction of sp³-hybridized carbons (Fsp3) is 0.250. The molecule has 0 fully saturated rings. The summed E-state index contributed by atoms with van der Waals surface area (Å²) in [5.74, 6) is -0.414. The maximum atomic E-state index is 11.3. The van der Waals surface area contributed by atoms with Gasteiger partial charge in [0.15, 0.2) is 0 Å². The minimum absolute atomic E-state index is 0.244. The molecule has 0 amide bonds. The molecular formula is C16H18N2O2. The Bertz CT molecular complexity index is 597. The first-order chi connectivity index (χ1) is 9.61. The molecule has 0 bridgehead atoms. The van der Waals surface area contributed by atoms with Crippen molar-refractivity contribution in [3.63, 3.8) is 0 Å². The van der Waals surface area contributed by atoms with Crippen molar-refractivity contribution in [3.8, 4) is 0 Å². The van der Waals surface area contributed by atoms with Gasteiger partial charge in [-0.2, -0.15) is 0 Å². The van der Waals surface area contributed by atoms with Gasteiger partial charge in [-0.3, -0.25) is 0 Å². The van der Waals surface area contributed by atoms with Crippen LogP contribution in [0.3, 0.4) is 0 Å². The zero-order valence-electron chi connectivity index (χ0n) is 11.7. The zero-order chi connectivity index (χ0) is 14.5. The molecule has 0 atom stereocenters. The predicted molar refractivity (Wildman–Crippen MR) is 79.1 cm³/mol. The molecule has 0 aliphatic rings. The highest BCUT2D eigenvalue weighted by Crippen LogP contribution is 2.20. The molecule has 20 heavy (non-hydrogen) atoms. The molecule has 1 aromatic heterocycles. The number of aromatic nitrogens is 1. The van der Waals surface area contributed by atoms with Gasteiger partial charge in [-0.15, -0.1) is 0 Å². The van der Waals surface area contributed by atoms with Gasteiger partial charge in [-0.1, -0.05) is 30.3 Å². The second kappa shape index (κ2) is 6.19. The largest absolute Gasteiger partial charge is 0.478 e. The normalized spacial score (nSPS) is 10.3. The van der Waals surface area contributed by atoms with Crippen LogP contribution in [0.1, 0.15) is 28.5 Å². The van der Waals surface area contributed by atoms with Crippen LogP contribution in [0.4, 0.5) is 5.82 Å². The summed E-state index contributed by atoms with van der Waals surface area (Å²) >= 11 is 0. The molecule has 1 N–H and O–H groups in total. The van der Waals surface area contributed by atoms with E-state index in [0.29, 0.717) is 18.9 Å². The number of carbonyl (C=O) groups is 1. The Morgan fingerprint density at radius 1 is 1.20 bits per heavy atom. The number of anilines is 1. The number of pyridine rings is 1. The molecule has 0 aliphatic carbocycles. The van der Waals surface area contributed by atoms with Gasteiger partial charge in [0.1, 0.15) is 11.4 Å². The molecule has 1 heterocycles. The lowest BCUT2D eigenvalue weighted by Crippen LogP contribution is -2.25. The molecule has 104 valence electrons. The fourth-order valence-corrected chi connectivity index (χ4v) is 2.09. The van der Waals surface area contributed by atoms with Crippen molar-refractivity contribution in [2.45, 2.75) is 20.4 Å². The Morgan fingerprint density at radius 2 is 1.90 bits per heavy atom. The molecular weight excluding hydrogens is 252 g/mol. The second-order valence-electron chi connectivity index (χ2n) is 4.63. The number of aromatic carboxylic acids is 1. The standard InChI is InChI=1S/C16H18N2O2/c1-3-18(11-13-7-5-4-6-8-13)15-14(16(19)20)10-9-12(2)17-15/h4-10H,3,11H2,1-2H3,(H,19,20). The first-order valence-electron chi connectivity index (χ1n) is 6.61. The van der Waals surface area contributed by atoms with E-state index < -0.39 is 5.97 Å². The van der Waals surface area contributed by atoms with Gasteiger partial charge in [-0.05, 0) is 31.5 Å². The average molecular weight is 270 g/mol. The molecule has 1 aromatic carbocycles. The van der Waals surface area contributed by atoms with E-state index in [1.54, 1.807) is 12.1 Å². The van der Waals surface area contributed by atoms with Crippen LogP contribution >= 0.6 is 0 Å². The summed E-state index contributed by atoms with van der Waals surface area (Å²) in [5, 5.41) is 9.30. The van der Waals surface area contributed by atoms with Crippen molar-refractivity contribution in [1.82, 2.24) is 4.98 Å². The Hall–Kier alpha value is -2.36. The molecule has 0 spiro atoms. The van der Waals surface area contributed by atoms with Crippen molar-refractivity contribution in [2.24, 2.45) is 0 Å². The minimum atomic E-state index is -0.945. The summed E-state index contributed by atoms with van der Waals surface area (Å²) in [6.07, 6.45) is 0. The number of benzene rings is 1. The summed E-state index contributed by atoms with van der Waals surface area (Å²) in [6, 6.07) is 13.3. The first kappa shape index (κ1) is 14.1. The molecule has 0 unspecified atom stereocenters. The van der Waals surface area contributed by atoms with Crippen molar-refractivity contribution in [1.29, 1.82) is 0 Å². The van der Waals surface area contributed by atoms with Crippen molar-refractivity contribution in [2.75, 3.05) is 11.4 Å². The molecule has 4 nitrogen and oxygen atoms in total. The van der Waals surface area contributed by atoms with E-state index >= 15 is 0 Å². The third-order valence-corrected chi connectivity index (χ3v) is 3.14. The van der Waals surface area contributed by atoms with E-state index in [4.69, 9.17) is 0 Å². The number of carboxylic acid groups (broad SMARTS) is 1.